The van der Waals surface area contributed by atoms with Crippen LogP contribution in [0.5, 0.6) is 0 Å². The number of amides is 2. The highest BCUT2D eigenvalue weighted by atomic mass is 32.1. The summed E-state index contributed by atoms with van der Waals surface area (Å²) in [6, 6.07) is -0.194. The lowest BCUT2D eigenvalue weighted by Crippen LogP contribution is -2.38. The monoisotopic (exact) mass is 243 g/mol. The predicted octanol–water partition coefficient (Wildman–Crippen LogP) is 0.839. The maximum Gasteiger partial charge on any atom is 0.317 e. The minimum Gasteiger partial charge on any atom is -0.395 e. The molecule has 1 aromatic heterocycles. The van der Waals surface area contributed by atoms with Crippen molar-refractivity contribution in [2.75, 3.05) is 20.2 Å². The summed E-state index contributed by atoms with van der Waals surface area (Å²) in [6.45, 7) is 2.80. The zero-order valence-corrected chi connectivity index (χ0v) is 10.4. The number of nitrogens with zero attached hydrogens (tertiary/aromatic N) is 2. The molecule has 1 heterocycles. The quantitative estimate of drug-likeness (QED) is 0.805. The van der Waals surface area contributed by atoms with Gasteiger partial charge in [0.05, 0.1) is 23.9 Å². The fraction of sp³-hybridized carbons (Fsp3) is 0.600. The average molecular weight is 243 g/mol. The van der Waals surface area contributed by atoms with Crippen LogP contribution < -0.4 is 5.32 Å². The first-order chi connectivity index (χ1) is 7.67. The lowest BCUT2D eigenvalue weighted by molar-refractivity contribution is 0.190. The Morgan fingerprint density at radius 2 is 2.44 bits per heavy atom. The minimum absolute atomic E-state index is 0.0272. The number of carbonyl (C=O) groups excluding carboxylic acids is 1. The van der Waals surface area contributed by atoms with Crippen LogP contribution in [0, 0.1) is 0 Å². The van der Waals surface area contributed by atoms with Crippen molar-refractivity contribution in [1.29, 1.82) is 0 Å². The van der Waals surface area contributed by atoms with E-state index in [2.05, 4.69) is 17.2 Å². The highest BCUT2D eigenvalue weighted by Gasteiger charge is 2.07. The molecule has 0 spiro atoms. The molecule has 5 nitrogen and oxygen atoms in total. The van der Waals surface area contributed by atoms with Crippen LogP contribution in [0.1, 0.15) is 17.6 Å². The van der Waals surface area contributed by atoms with Gasteiger partial charge in [0, 0.05) is 19.0 Å². The molecule has 90 valence electrons. The number of aryl methyl sites for hydroxylation is 1. The number of hydrogen-bond donors (Lipinski definition) is 2. The van der Waals surface area contributed by atoms with E-state index in [1.165, 1.54) is 4.90 Å². The minimum atomic E-state index is -0.194. The van der Waals surface area contributed by atoms with Gasteiger partial charge >= 0.3 is 6.03 Å². The Morgan fingerprint density at radius 1 is 1.69 bits per heavy atom. The van der Waals surface area contributed by atoms with Gasteiger partial charge in [0.1, 0.15) is 0 Å². The van der Waals surface area contributed by atoms with Crippen molar-refractivity contribution in [2.45, 2.75) is 19.9 Å². The largest absolute Gasteiger partial charge is 0.395 e. The summed E-state index contributed by atoms with van der Waals surface area (Å²) in [5.41, 5.74) is 0.882. The van der Waals surface area contributed by atoms with E-state index in [-0.39, 0.29) is 12.6 Å². The molecule has 0 aromatic carbocycles. The third-order valence-corrected chi connectivity index (χ3v) is 3.15. The maximum absolute atomic E-state index is 11.5. The van der Waals surface area contributed by atoms with Crippen LogP contribution in [0.3, 0.4) is 0 Å². The van der Waals surface area contributed by atoms with Gasteiger partial charge in [-0.3, -0.25) is 0 Å². The number of aliphatic hydroxyl groups excluding tert-OH is 1. The van der Waals surface area contributed by atoms with E-state index in [1.54, 1.807) is 18.4 Å². The summed E-state index contributed by atoms with van der Waals surface area (Å²) in [4.78, 5) is 17.2. The van der Waals surface area contributed by atoms with Gasteiger partial charge in [-0.2, -0.15) is 0 Å². The molecule has 0 fully saturated rings. The summed E-state index contributed by atoms with van der Waals surface area (Å²) >= 11 is 1.60. The van der Waals surface area contributed by atoms with Gasteiger partial charge in [-0.25, -0.2) is 9.78 Å². The molecule has 0 aliphatic rings. The number of aliphatic hydroxyl groups is 1. The summed E-state index contributed by atoms with van der Waals surface area (Å²) in [6.07, 6.45) is 0.920. The highest BCUT2D eigenvalue weighted by molar-refractivity contribution is 7.09. The molecule has 0 unspecified atom stereocenters. The highest BCUT2D eigenvalue weighted by Crippen LogP contribution is 2.09. The summed E-state index contributed by atoms with van der Waals surface area (Å²) < 4.78 is 0. The average Bonchev–Trinajstić information content (AvgIpc) is 2.74. The zero-order chi connectivity index (χ0) is 12.0. The first-order valence-corrected chi connectivity index (χ1v) is 6.08. The Hall–Kier alpha value is -1.14. The number of likely N-dealkylation sites (N-methyl/N-ethyl adjacent to an activating group) is 1. The molecule has 1 aromatic rings. The first-order valence-electron chi connectivity index (χ1n) is 5.20. The van der Waals surface area contributed by atoms with Crippen LogP contribution in [0.4, 0.5) is 4.79 Å². The first kappa shape index (κ1) is 12.9. The second kappa shape index (κ2) is 6.44. The molecule has 0 aliphatic heterocycles. The molecule has 0 radical (unpaired) electrons. The standard InChI is InChI=1S/C10H17N3O2S/c1-3-9-12-8(7-16-9)6-11-10(15)13(2)4-5-14/h7,14H,3-6H2,1-2H3,(H,11,15). The smallest absolute Gasteiger partial charge is 0.317 e. The van der Waals surface area contributed by atoms with Gasteiger partial charge in [0.15, 0.2) is 0 Å². The lowest BCUT2D eigenvalue weighted by atomic mass is 10.4. The second-order valence-corrected chi connectivity index (χ2v) is 4.33. The number of thiazole rings is 1. The van der Waals surface area contributed by atoms with Gasteiger partial charge in [-0.1, -0.05) is 6.92 Å². The van der Waals surface area contributed by atoms with Gasteiger partial charge < -0.3 is 15.3 Å². The van der Waals surface area contributed by atoms with E-state index in [1.807, 2.05) is 5.38 Å². The van der Waals surface area contributed by atoms with Crippen LogP contribution in [0.2, 0.25) is 0 Å². The van der Waals surface area contributed by atoms with Crippen molar-refractivity contribution in [1.82, 2.24) is 15.2 Å². The normalized spacial score (nSPS) is 10.2. The molecule has 0 aliphatic carbocycles. The number of hydrogen-bond acceptors (Lipinski definition) is 4. The zero-order valence-electron chi connectivity index (χ0n) is 9.56. The third-order valence-electron chi connectivity index (χ3n) is 2.10. The Kier molecular flexibility index (Phi) is 5.21. The Morgan fingerprint density at radius 3 is 3.00 bits per heavy atom. The molecule has 0 bridgehead atoms. The number of urea groups is 1. The fourth-order valence-corrected chi connectivity index (χ4v) is 1.89. The van der Waals surface area contributed by atoms with E-state index in [9.17, 15) is 4.79 Å². The molecule has 2 amide bonds. The predicted molar refractivity (Wildman–Crippen MR) is 63.4 cm³/mol. The van der Waals surface area contributed by atoms with Crippen LogP contribution in [-0.4, -0.2) is 41.2 Å². The van der Waals surface area contributed by atoms with E-state index < -0.39 is 0 Å². The van der Waals surface area contributed by atoms with E-state index in [0.717, 1.165) is 17.1 Å². The second-order valence-electron chi connectivity index (χ2n) is 3.39. The van der Waals surface area contributed by atoms with Gasteiger partial charge in [-0.15, -0.1) is 11.3 Å². The van der Waals surface area contributed by atoms with E-state index in [4.69, 9.17) is 5.11 Å². The number of aromatic nitrogens is 1. The Balaban J connectivity index is 2.36. The maximum atomic E-state index is 11.5. The third kappa shape index (κ3) is 3.79. The molecule has 0 atom stereocenters. The molecule has 2 N–H and O–H groups in total. The lowest BCUT2D eigenvalue weighted by Gasteiger charge is -2.15. The number of rotatable bonds is 5. The fourth-order valence-electron chi connectivity index (χ4n) is 1.15. The van der Waals surface area contributed by atoms with Gasteiger partial charge in [0.25, 0.3) is 0 Å². The van der Waals surface area contributed by atoms with Crippen molar-refractivity contribution < 1.29 is 9.90 Å². The van der Waals surface area contributed by atoms with Crippen LogP contribution in [0.15, 0.2) is 5.38 Å². The van der Waals surface area contributed by atoms with Gasteiger partial charge in [0.2, 0.25) is 0 Å². The topological polar surface area (TPSA) is 65.5 Å². The number of nitrogens with one attached hydrogen (secondary N) is 1. The molecular weight excluding hydrogens is 226 g/mol. The van der Waals surface area contributed by atoms with Crippen molar-refractivity contribution >= 4 is 17.4 Å². The van der Waals surface area contributed by atoms with Crippen LogP contribution in [-0.2, 0) is 13.0 Å². The van der Waals surface area contributed by atoms with E-state index in [0.29, 0.717) is 13.1 Å². The van der Waals surface area contributed by atoms with Crippen molar-refractivity contribution in [2.24, 2.45) is 0 Å². The molecule has 1 rings (SSSR count). The Labute approximate surface area is 99.1 Å². The van der Waals surface area contributed by atoms with Crippen LogP contribution >= 0.6 is 11.3 Å². The summed E-state index contributed by atoms with van der Waals surface area (Å²) in [5, 5.41) is 14.4. The molecule has 0 saturated heterocycles. The Bertz CT molecular complexity index is 341. The molecule has 6 heteroatoms. The summed E-state index contributed by atoms with van der Waals surface area (Å²) in [5.74, 6) is 0. The van der Waals surface area contributed by atoms with Crippen molar-refractivity contribution in [3.63, 3.8) is 0 Å². The molecule has 16 heavy (non-hydrogen) atoms. The molecular formula is C10H17N3O2S. The summed E-state index contributed by atoms with van der Waals surface area (Å²) in [7, 11) is 1.64. The van der Waals surface area contributed by atoms with E-state index >= 15 is 0 Å². The van der Waals surface area contributed by atoms with Crippen molar-refractivity contribution in [3.8, 4) is 0 Å². The number of carbonyl (C=O) groups is 1. The van der Waals surface area contributed by atoms with Crippen molar-refractivity contribution in [3.05, 3.63) is 16.1 Å². The van der Waals surface area contributed by atoms with Crippen LogP contribution in [0.25, 0.3) is 0 Å². The van der Waals surface area contributed by atoms with Gasteiger partial charge in [-0.05, 0) is 6.42 Å². The SMILES string of the molecule is CCc1nc(CNC(=O)N(C)CCO)cs1. The molecule has 0 saturated carbocycles.